The fourth-order valence-electron chi connectivity index (χ4n) is 1.30. The number of ether oxygens (including phenoxy) is 1. The van der Waals surface area contributed by atoms with Gasteiger partial charge in [-0.3, -0.25) is 4.68 Å². The van der Waals surface area contributed by atoms with Crippen LogP contribution in [-0.4, -0.2) is 30.5 Å². The van der Waals surface area contributed by atoms with Crippen molar-refractivity contribution in [1.82, 2.24) is 15.1 Å². The highest BCUT2D eigenvalue weighted by Gasteiger charge is 2.13. The third kappa shape index (κ3) is 2.56. The number of methoxy groups -OCH3 is 1. The summed E-state index contributed by atoms with van der Waals surface area (Å²) in [5, 5.41) is 7.47. The molecule has 0 fully saturated rings. The van der Waals surface area contributed by atoms with E-state index < -0.39 is 0 Å². The number of aromatic nitrogens is 2. The van der Waals surface area contributed by atoms with Gasteiger partial charge < -0.3 is 10.1 Å². The van der Waals surface area contributed by atoms with Gasteiger partial charge in [-0.15, -0.1) is 0 Å². The van der Waals surface area contributed by atoms with Crippen molar-refractivity contribution in [1.29, 1.82) is 0 Å². The first-order valence-electron chi connectivity index (χ1n) is 4.58. The van der Waals surface area contributed by atoms with Gasteiger partial charge in [-0.1, -0.05) is 0 Å². The molecule has 0 aliphatic rings. The van der Waals surface area contributed by atoms with Gasteiger partial charge in [0.05, 0.1) is 29.5 Å². The average Bonchev–Trinajstić information content (AvgIpc) is 2.55. The van der Waals surface area contributed by atoms with Crippen LogP contribution in [0.2, 0.25) is 0 Å². The number of nitrogens with one attached hydrogen (secondary N) is 1. The normalized spacial score (nSPS) is 13.1. The molecule has 14 heavy (non-hydrogen) atoms. The Morgan fingerprint density at radius 1 is 1.71 bits per heavy atom. The highest BCUT2D eigenvalue weighted by atomic mass is 79.9. The molecule has 1 aromatic heterocycles. The topological polar surface area (TPSA) is 39.1 Å². The maximum Gasteiger partial charge on any atom is 0.0693 e. The molecule has 0 saturated heterocycles. The first-order valence-corrected chi connectivity index (χ1v) is 5.37. The smallest absolute Gasteiger partial charge is 0.0693 e. The second-order valence-corrected chi connectivity index (χ2v) is 3.96. The Labute approximate surface area is 92.8 Å². The van der Waals surface area contributed by atoms with Gasteiger partial charge in [-0.05, 0) is 29.9 Å². The van der Waals surface area contributed by atoms with Crippen molar-refractivity contribution in [3.63, 3.8) is 0 Å². The number of halogens is 1. The molecule has 0 bridgehead atoms. The maximum absolute atomic E-state index is 5.03. The third-order valence-electron chi connectivity index (χ3n) is 2.18. The molecule has 1 N–H and O–H groups in total. The summed E-state index contributed by atoms with van der Waals surface area (Å²) >= 11 is 3.49. The van der Waals surface area contributed by atoms with E-state index in [9.17, 15) is 0 Å². The van der Waals surface area contributed by atoms with Crippen LogP contribution in [0, 0.1) is 0 Å². The fourth-order valence-corrected chi connectivity index (χ4v) is 1.93. The molecule has 1 unspecified atom stereocenters. The lowest BCUT2D eigenvalue weighted by molar-refractivity contribution is 0.182. The Morgan fingerprint density at radius 2 is 2.43 bits per heavy atom. The molecule has 0 spiro atoms. The van der Waals surface area contributed by atoms with Gasteiger partial charge in [0.25, 0.3) is 0 Å². The second kappa shape index (κ2) is 5.48. The lowest BCUT2D eigenvalue weighted by Gasteiger charge is -2.13. The lowest BCUT2D eigenvalue weighted by atomic mass is 10.2. The van der Waals surface area contributed by atoms with Crippen molar-refractivity contribution >= 4 is 15.9 Å². The monoisotopic (exact) mass is 261 g/mol. The minimum Gasteiger partial charge on any atom is -0.383 e. The molecule has 4 nitrogen and oxygen atoms in total. The molecule has 0 aliphatic heterocycles. The van der Waals surface area contributed by atoms with Gasteiger partial charge in [-0.2, -0.15) is 5.10 Å². The van der Waals surface area contributed by atoms with Crippen LogP contribution in [0.25, 0.3) is 0 Å². The van der Waals surface area contributed by atoms with Gasteiger partial charge in [0.1, 0.15) is 0 Å². The van der Waals surface area contributed by atoms with E-state index in [-0.39, 0.29) is 6.04 Å². The predicted octanol–water partition coefficient (Wildman–Crippen LogP) is 1.57. The molecule has 5 heteroatoms. The van der Waals surface area contributed by atoms with Gasteiger partial charge in [0.2, 0.25) is 0 Å². The van der Waals surface area contributed by atoms with Crippen LogP contribution in [0.1, 0.15) is 18.7 Å². The third-order valence-corrected chi connectivity index (χ3v) is 2.79. The molecule has 1 atom stereocenters. The van der Waals surface area contributed by atoms with Crippen LogP contribution < -0.4 is 5.32 Å². The van der Waals surface area contributed by atoms with Crippen molar-refractivity contribution in [2.45, 2.75) is 19.5 Å². The van der Waals surface area contributed by atoms with E-state index in [2.05, 4.69) is 33.3 Å². The Kier molecular flexibility index (Phi) is 4.57. The molecule has 0 saturated carbocycles. The molecule has 0 amide bonds. The van der Waals surface area contributed by atoms with Crippen molar-refractivity contribution in [3.05, 3.63) is 16.4 Å². The summed E-state index contributed by atoms with van der Waals surface area (Å²) in [7, 11) is 3.63. The molecule has 1 aromatic rings. The summed E-state index contributed by atoms with van der Waals surface area (Å²) < 4.78 is 8.02. The molecule has 0 aliphatic carbocycles. The minimum atomic E-state index is 0.281. The Morgan fingerprint density at radius 3 is 3.00 bits per heavy atom. The van der Waals surface area contributed by atoms with Crippen molar-refractivity contribution < 1.29 is 4.74 Å². The number of hydrogen-bond acceptors (Lipinski definition) is 3. The van der Waals surface area contributed by atoms with Crippen LogP contribution in [-0.2, 0) is 11.3 Å². The van der Waals surface area contributed by atoms with E-state index in [4.69, 9.17) is 4.74 Å². The molecule has 80 valence electrons. The van der Waals surface area contributed by atoms with Crippen LogP contribution in [0.5, 0.6) is 0 Å². The van der Waals surface area contributed by atoms with Crippen LogP contribution >= 0.6 is 15.9 Å². The largest absolute Gasteiger partial charge is 0.383 e. The van der Waals surface area contributed by atoms with E-state index in [0.29, 0.717) is 6.61 Å². The Hall–Kier alpha value is -0.390. The fraction of sp³-hybridized carbons (Fsp3) is 0.667. The van der Waals surface area contributed by atoms with Gasteiger partial charge in [0.15, 0.2) is 0 Å². The van der Waals surface area contributed by atoms with Crippen molar-refractivity contribution in [3.8, 4) is 0 Å². The zero-order valence-corrected chi connectivity index (χ0v) is 10.3. The highest BCUT2D eigenvalue weighted by molar-refractivity contribution is 9.10. The summed E-state index contributed by atoms with van der Waals surface area (Å²) in [4.78, 5) is 0. The lowest BCUT2D eigenvalue weighted by Crippen LogP contribution is -2.19. The molecular weight excluding hydrogens is 246 g/mol. The second-order valence-electron chi connectivity index (χ2n) is 3.10. The summed E-state index contributed by atoms with van der Waals surface area (Å²) in [5.41, 5.74) is 1.16. The standard InChI is InChI=1S/C9H16BrN3O/c1-7(11-2)9-8(10)6-12-13(9)4-5-14-3/h6-7,11H,4-5H2,1-3H3. The van der Waals surface area contributed by atoms with Crippen LogP contribution in [0.15, 0.2) is 10.7 Å². The number of rotatable bonds is 5. The quantitative estimate of drug-likeness (QED) is 0.875. The molecule has 0 aromatic carbocycles. The van der Waals surface area contributed by atoms with Crippen LogP contribution in [0.3, 0.4) is 0 Å². The minimum absolute atomic E-state index is 0.281. The first-order chi connectivity index (χ1) is 6.70. The first kappa shape index (κ1) is 11.7. The predicted molar refractivity (Wildman–Crippen MR) is 59.3 cm³/mol. The van der Waals surface area contributed by atoms with Gasteiger partial charge in [-0.25, -0.2) is 0 Å². The zero-order chi connectivity index (χ0) is 10.6. The highest BCUT2D eigenvalue weighted by Crippen LogP contribution is 2.22. The van der Waals surface area contributed by atoms with Gasteiger partial charge in [0, 0.05) is 13.2 Å². The molecule has 1 heterocycles. The summed E-state index contributed by atoms with van der Waals surface area (Å²) in [5.74, 6) is 0. The van der Waals surface area contributed by atoms with Crippen LogP contribution in [0.4, 0.5) is 0 Å². The van der Waals surface area contributed by atoms with E-state index in [0.717, 1.165) is 16.7 Å². The van der Waals surface area contributed by atoms with E-state index in [1.165, 1.54) is 0 Å². The summed E-state index contributed by atoms with van der Waals surface area (Å²) in [6, 6.07) is 0.281. The van der Waals surface area contributed by atoms with Crippen molar-refractivity contribution in [2.24, 2.45) is 0 Å². The molecular formula is C9H16BrN3O. The average molecular weight is 262 g/mol. The van der Waals surface area contributed by atoms with E-state index in [1.807, 2.05) is 17.9 Å². The number of hydrogen-bond donors (Lipinski definition) is 1. The summed E-state index contributed by atoms with van der Waals surface area (Å²) in [6.07, 6.45) is 1.82. The summed E-state index contributed by atoms with van der Waals surface area (Å²) in [6.45, 7) is 3.56. The zero-order valence-electron chi connectivity index (χ0n) is 8.75. The maximum atomic E-state index is 5.03. The Bertz CT molecular complexity index is 288. The number of nitrogens with zero attached hydrogens (tertiary/aromatic N) is 2. The molecule has 1 rings (SSSR count). The SMILES string of the molecule is CNC(C)c1c(Br)cnn1CCOC. The van der Waals surface area contributed by atoms with Gasteiger partial charge >= 0.3 is 0 Å². The van der Waals surface area contributed by atoms with E-state index >= 15 is 0 Å². The molecule has 0 radical (unpaired) electrons. The van der Waals surface area contributed by atoms with E-state index in [1.54, 1.807) is 7.11 Å². The Balaban J connectivity index is 2.82. The van der Waals surface area contributed by atoms with Crippen molar-refractivity contribution in [2.75, 3.05) is 20.8 Å².